The number of rotatable bonds is 7. The van der Waals surface area contributed by atoms with E-state index in [9.17, 15) is 0 Å². The third kappa shape index (κ3) is 5.88. The van der Waals surface area contributed by atoms with E-state index in [0.29, 0.717) is 12.5 Å². The van der Waals surface area contributed by atoms with Crippen LogP contribution in [0.3, 0.4) is 0 Å². The molecule has 3 aromatic carbocycles. The third-order valence-corrected chi connectivity index (χ3v) is 5.00. The van der Waals surface area contributed by atoms with Crippen molar-refractivity contribution >= 4 is 35.6 Å². The first kappa shape index (κ1) is 23.3. The molecule has 0 fully saturated rings. The maximum Gasteiger partial charge on any atom is 0.193 e. The van der Waals surface area contributed by atoms with Crippen molar-refractivity contribution in [3.8, 4) is 16.9 Å². The summed E-state index contributed by atoms with van der Waals surface area (Å²) < 4.78 is 7.40. The fourth-order valence-electron chi connectivity index (χ4n) is 3.42. The van der Waals surface area contributed by atoms with Crippen molar-refractivity contribution in [2.45, 2.75) is 13.1 Å². The molecular formula is C25H26IN5O. The fraction of sp³-hybridized carbons (Fsp3) is 0.120. The number of ether oxygens (including phenoxy) is 1. The summed E-state index contributed by atoms with van der Waals surface area (Å²) in [5.74, 6) is 1.06. The van der Waals surface area contributed by atoms with Gasteiger partial charge < -0.3 is 20.4 Å². The second-order valence-electron chi connectivity index (χ2n) is 7.12. The van der Waals surface area contributed by atoms with Crippen LogP contribution in [0.15, 0.2) is 96.5 Å². The molecule has 0 atom stereocenters. The molecule has 7 heteroatoms. The van der Waals surface area contributed by atoms with Crippen LogP contribution in [0.25, 0.3) is 11.1 Å². The minimum atomic E-state index is 0. The molecule has 0 amide bonds. The molecule has 3 N–H and O–H groups in total. The maximum absolute atomic E-state index is 6.13. The molecule has 164 valence electrons. The van der Waals surface area contributed by atoms with Crippen molar-refractivity contribution in [2.24, 2.45) is 10.7 Å². The van der Waals surface area contributed by atoms with Crippen LogP contribution >= 0.6 is 24.0 Å². The number of nitrogens with two attached hydrogens (primary N) is 1. The first-order valence-corrected chi connectivity index (χ1v) is 10.1. The number of para-hydroxylation sites is 2. The number of nitrogens with one attached hydrogen (secondary N) is 1. The van der Waals surface area contributed by atoms with Crippen molar-refractivity contribution < 1.29 is 4.74 Å². The Morgan fingerprint density at radius 3 is 2.53 bits per heavy atom. The van der Waals surface area contributed by atoms with Gasteiger partial charge in [0.25, 0.3) is 0 Å². The zero-order valence-corrected chi connectivity index (χ0v) is 20.1. The monoisotopic (exact) mass is 539 g/mol. The molecule has 0 saturated heterocycles. The van der Waals surface area contributed by atoms with Crippen LogP contribution in [0, 0.1) is 0 Å². The number of imidazole rings is 1. The number of nitrogens with zero attached hydrogens (tertiary/aromatic N) is 3. The van der Waals surface area contributed by atoms with Gasteiger partial charge in [0, 0.05) is 18.9 Å². The van der Waals surface area contributed by atoms with Gasteiger partial charge in [-0.05, 0) is 34.4 Å². The summed E-state index contributed by atoms with van der Waals surface area (Å²) in [6.45, 7) is 1.28. The second-order valence-corrected chi connectivity index (χ2v) is 7.12. The minimum absolute atomic E-state index is 0. The van der Waals surface area contributed by atoms with Crippen LogP contribution in [0.4, 0.5) is 5.69 Å². The summed E-state index contributed by atoms with van der Waals surface area (Å²) in [6, 6.07) is 24.4. The van der Waals surface area contributed by atoms with Gasteiger partial charge in [-0.2, -0.15) is 0 Å². The van der Waals surface area contributed by atoms with Gasteiger partial charge in [-0.1, -0.05) is 60.7 Å². The Bertz CT molecular complexity index is 1160. The maximum atomic E-state index is 6.13. The highest BCUT2D eigenvalue weighted by atomic mass is 127. The van der Waals surface area contributed by atoms with E-state index in [1.165, 1.54) is 5.56 Å². The average molecular weight is 539 g/mol. The molecule has 0 saturated carbocycles. The van der Waals surface area contributed by atoms with Gasteiger partial charge >= 0.3 is 0 Å². The molecule has 0 aliphatic rings. The highest BCUT2D eigenvalue weighted by Gasteiger charge is 2.06. The zero-order valence-electron chi connectivity index (χ0n) is 17.8. The van der Waals surface area contributed by atoms with Gasteiger partial charge in [0.2, 0.25) is 0 Å². The summed E-state index contributed by atoms with van der Waals surface area (Å²) >= 11 is 0. The molecule has 0 bridgehead atoms. The number of halogens is 1. The van der Waals surface area contributed by atoms with Crippen LogP contribution in [-0.4, -0.2) is 22.6 Å². The van der Waals surface area contributed by atoms with E-state index in [4.69, 9.17) is 10.5 Å². The van der Waals surface area contributed by atoms with Gasteiger partial charge in [-0.15, -0.1) is 24.0 Å². The van der Waals surface area contributed by atoms with Gasteiger partial charge in [0.1, 0.15) is 5.75 Å². The summed E-state index contributed by atoms with van der Waals surface area (Å²) in [6.07, 6.45) is 5.58. The molecule has 4 aromatic rings. The van der Waals surface area contributed by atoms with E-state index in [-0.39, 0.29) is 24.0 Å². The molecule has 6 nitrogen and oxygen atoms in total. The second kappa shape index (κ2) is 11.3. The molecule has 0 spiro atoms. The number of aromatic nitrogens is 2. The highest BCUT2D eigenvalue weighted by Crippen LogP contribution is 2.26. The number of hydrogen-bond acceptors (Lipinski definition) is 3. The molecular weight excluding hydrogens is 513 g/mol. The largest absolute Gasteiger partial charge is 0.495 e. The van der Waals surface area contributed by atoms with Gasteiger partial charge in [0.05, 0.1) is 25.7 Å². The minimum Gasteiger partial charge on any atom is -0.495 e. The van der Waals surface area contributed by atoms with Crippen molar-refractivity contribution in [3.05, 3.63) is 103 Å². The predicted octanol–water partition coefficient (Wildman–Crippen LogP) is 5.15. The van der Waals surface area contributed by atoms with Crippen molar-refractivity contribution in [2.75, 3.05) is 12.4 Å². The summed E-state index contributed by atoms with van der Waals surface area (Å²) in [5.41, 5.74) is 11.5. The molecule has 1 heterocycles. The van der Waals surface area contributed by atoms with E-state index in [1.807, 2.05) is 48.9 Å². The van der Waals surface area contributed by atoms with E-state index < -0.39 is 0 Å². The molecule has 0 aliphatic heterocycles. The normalized spacial score (nSPS) is 11.0. The molecule has 32 heavy (non-hydrogen) atoms. The Balaban J connectivity index is 0.00000289. The number of anilines is 1. The molecule has 4 rings (SSSR count). The highest BCUT2D eigenvalue weighted by molar-refractivity contribution is 14.0. The van der Waals surface area contributed by atoms with E-state index in [0.717, 1.165) is 34.7 Å². The fourth-order valence-corrected chi connectivity index (χ4v) is 3.42. The summed E-state index contributed by atoms with van der Waals surface area (Å²) in [7, 11) is 1.63. The number of guanidine groups is 1. The Kier molecular flexibility index (Phi) is 8.27. The lowest BCUT2D eigenvalue weighted by molar-refractivity contribution is 0.417. The summed E-state index contributed by atoms with van der Waals surface area (Å²) in [5, 5.41) is 3.11. The summed E-state index contributed by atoms with van der Waals surface area (Å²) in [4.78, 5) is 8.63. The van der Waals surface area contributed by atoms with E-state index in [1.54, 1.807) is 13.3 Å². The standard InChI is InChI=1S/C25H25N5O.HI/c1-31-24-9-5-4-8-23(24)29-25(26)28-16-21-6-2-3-7-22(21)20-12-10-19(11-13-20)17-30-15-14-27-18-30;/h2-15,18H,16-17H2,1H3,(H3,26,28,29);1H. The number of methoxy groups -OCH3 is 1. The Morgan fingerprint density at radius 1 is 1.03 bits per heavy atom. The molecule has 0 aliphatic carbocycles. The van der Waals surface area contributed by atoms with Crippen LogP contribution in [0.5, 0.6) is 5.75 Å². The van der Waals surface area contributed by atoms with Crippen molar-refractivity contribution in [3.63, 3.8) is 0 Å². The van der Waals surface area contributed by atoms with Crippen LogP contribution < -0.4 is 15.8 Å². The van der Waals surface area contributed by atoms with Crippen molar-refractivity contribution in [1.29, 1.82) is 0 Å². The Hall–Kier alpha value is -3.33. The molecule has 0 radical (unpaired) electrons. The van der Waals surface area contributed by atoms with Gasteiger partial charge in [0.15, 0.2) is 5.96 Å². The predicted molar refractivity (Wildman–Crippen MR) is 141 cm³/mol. The van der Waals surface area contributed by atoms with E-state index >= 15 is 0 Å². The lowest BCUT2D eigenvalue weighted by atomic mass is 9.98. The molecule has 0 unspecified atom stereocenters. The quantitative estimate of drug-likeness (QED) is 0.194. The third-order valence-electron chi connectivity index (χ3n) is 5.00. The first-order valence-electron chi connectivity index (χ1n) is 10.1. The Labute approximate surface area is 205 Å². The first-order chi connectivity index (χ1) is 15.2. The topological polar surface area (TPSA) is 77.5 Å². The average Bonchev–Trinajstić information content (AvgIpc) is 3.32. The Morgan fingerprint density at radius 2 is 1.78 bits per heavy atom. The van der Waals surface area contributed by atoms with Crippen LogP contribution in [0.1, 0.15) is 11.1 Å². The van der Waals surface area contributed by atoms with Crippen molar-refractivity contribution in [1.82, 2.24) is 9.55 Å². The van der Waals surface area contributed by atoms with Gasteiger partial charge in [-0.25, -0.2) is 9.98 Å². The smallest absolute Gasteiger partial charge is 0.193 e. The SMILES string of the molecule is COc1ccccc1NC(N)=NCc1ccccc1-c1ccc(Cn2ccnc2)cc1.I. The number of benzene rings is 3. The zero-order chi connectivity index (χ0) is 21.5. The lowest BCUT2D eigenvalue weighted by Crippen LogP contribution is -2.23. The lowest BCUT2D eigenvalue weighted by Gasteiger charge is -2.12. The number of aliphatic imine (C=N–C) groups is 1. The molecule has 1 aromatic heterocycles. The van der Waals surface area contributed by atoms with Crippen LogP contribution in [0.2, 0.25) is 0 Å². The van der Waals surface area contributed by atoms with Gasteiger partial charge in [-0.3, -0.25) is 0 Å². The van der Waals surface area contributed by atoms with Crippen LogP contribution in [-0.2, 0) is 13.1 Å². The number of hydrogen-bond donors (Lipinski definition) is 2. The van der Waals surface area contributed by atoms with E-state index in [2.05, 4.69) is 56.3 Å².